The van der Waals surface area contributed by atoms with E-state index in [0.29, 0.717) is 12.4 Å². The lowest BCUT2D eigenvalue weighted by molar-refractivity contribution is -0.133. The fourth-order valence-corrected chi connectivity index (χ4v) is 6.13. The number of carbonyl (C=O) groups excluding carboxylic acids is 4. The van der Waals surface area contributed by atoms with E-state index in [1.165, 1.54) is 14.2 Å². The number of amides is 4. The van der Waals surface area contributed by atoms with Crippen LogP contribution in [0.3, 0.4) is 0 Å². The maximum absolute atomic E-state index is 13.1. The topological polar surface area (TPSA) is 175 Å². The van der Waals surface area contributed by atoms with Crippen LogP contribution in [0.25, 0.3) is 33.4 Å². The summed E-state index contributed by atoms with van der Waals surface area (Å²) < 4.78 is 9.17. The predicted molar refractivity (Wildman–Crippen MR) is 179 cm³/mol. The molecule has 4 amide bonds. The van der Waals surface area contributed by atoms with E-state index in [1.54, 1.807) is 11.1 Å². The molecule has 48 heavy (non-hydrogen) atoms. The molecule has 1 aliphatic heterocycles. The van der Waals surface area contributed by atoms with Gasteiger partial charge in [-0.2, -0.15) is 0 Å². The zero-order valence-electron chi connectivity index (χ0n) is 27.7. The first kappa shape index (κ1) is 33.9. The average molecular weight is 659 g/mol. The third kappa shape index (κ3) is 7.76. The molecule has 0 bridgehead atoms. The first-order valence-electron chi connectivity index (χ1n) is 16.1. The molecule has 1 fully saturated rings. The van der Waals surface area contributed by atoms with Crippen LogP contribution in [0.2, 0.25) is 0 Å². The Morgan fingerprint density at radius 1 is 0.917 bits per heavy atom. The number of carbonyl (C=O) groups is 4. The van der Waals surface area contributed by atoms with Crippen molar-refractivity contribution in [3.63, 3.8) is 0 Å². The van der Waals surface area contributed by atoms with Gasteiger partial charge in [-0.3, -0.25) is 9.59 Å². The maximum Gasteiger partial charge on any atom is 0.407 e. The van der Waals surface area contributed by atoms with Crippen LogP contribution < -0.4 is 10.6 Å². The molecule has 0 unspecified atom stereocenters. The van der Waals surface area contributed by atoms with Gasteiger partial charge >= 0.3 is 12.2 Å². The SMILES string of the molecule is CCCN(Cc1nc2ccc(-c3ccc(-c4cnc([C@@H]5CC[C@H](CC)N5C(=O)CNC(=O)OC)[nH]4)cc3)cc2[nH]1)C(=O)CNC(=O)OC. The van der Waals surface area contributed by atoms with Gasteiger partial charge in [0, 0.05) is 12.6 Å². The van der Waals surface area contributed by atoms with Crippen LogP contribution in [0.1, 0.15) is 57.2 Å². The Morgan fingerprint density at radius 3 is 2.29 bits per heavy atom. The zero-order valence-corrected chi connectivity index (χ0v) is 27.7. The molecule has 0 aliphatic carbocycles. The van der Waals surface area contributed by atoms with Crippen LogP contribution in [0, 0.1) is 0 Å². The summed E-state index contributed by atoms with van der Waals surface area (Å²) in [6.07, 6.45) is 3.72. The van der Waals surface area contributed by atoms with E-state index in [2.05, 4.69) is 47.0 Å². The minimum absolute atomic E-state index is 0.0752. The summed E-state index contributed by atoms with van der Waals surface area (Å²) in [4.78, 5) is 68.3. The highest BCUT2D eigenvalue weighted by Gasteiger charge is 2.38. The Balaban J connectivity index is 1.27. The van der Waals surface area contributed by atoms with E-state index in [0.717, 1.165) is 64.9 Å². The molecule has 1 aliphatic rings. The normalized spacial score (nSPS) is 15.7. The molecule has 2 atom stereocenters. The summed E-state index contributed by atoms with van der Waals surface area (Å²) >= 11 is 0. The molecule has 2 aromatic heterocycles. The van der Waals surface area contributed by atoms with E-state index in [-0.39, 0.29) is 43.5 Å². The second-order valence-corrected chi connectivity index (χ2v) is 11.6. The number of nitrogens with one attached hydrogen (secondary N) is 4. The van der Waals surface area contributed by atoms with Crippen LogP contribution in [-0.2, 0) is 25.6 Å². The molecule has 4 N–H and O–H groups in total. The summed E-state index contributed by atoms with van der Waals surface area (Å²) in [7, 11) is 2.52. The first-order chi connectivity index (χ1) is 23.2. The predicted octanol–water partition coefficient (Wildman–Crippen LogP) is 4.51. The molecule has 5 rings (SSSR count). The number of rotatable bonds is 12. The molecule has 14 nitrogen and oxygen atoms in total. The summed E-state index contributed by atoms with van der Waals surface area (Å²) in [6, 6.07) is 14.0. The van der Waals surface area contributed by atoms with Crippen molar-refractivity contribution < 1.29 is 28.7 Å². The van der Waals surface area contributed by atoms with Crippen LogP contribution in [0.4, 0.5) is 9.59 Å². The number of aromatic nitrogens is 4. The molecule has 0 radical (unpaired) electrons. The first-order valence-corrected chi connectivity index (χ1v) is 16.1. The molecule has 3 heterocycles. The maximum atomic E-state index is 13.1. The Labute approximate surface area is 278 Å². The molecular weight excluding hydrogens is 616 g/mol. The van der Waals surface area contributed by atoms with E-state index >= 15 is 0 Å². The van der Waals surface area contributed by atoms with Crippen LogP contribution in [0.5, 0.6) is 0 Å². The summed E-state index contributed by atoms with van der Waals surface area (Å²) in [5.74, 6) is 0.981. The van der Waals surface area contributed by atoms with Crippen molar-refractivity contribution >= 4 is 35.0 Å². The lowest BCUT2D eigenvalue weighted by Crippen LogP contribution is -2.43. The number of aromatic amines is 2. The summed E-state index contributed by atoms with van der Waals surface area (Å²) in [5.41, 5.74) is 5.47. The van der Waals surface area contributed by atoms with E-state index in [4.69, 9.17) is 0 Å². The fourth-order valence-electron chi connectivity index (χ4n) is 6.13. The van der Waals surface area contributed by atoms with Crippen molar-refractivity contribution in [2.24, 2.45) is 0 Å². The number of likely N-dealkylation sites (tertiary alicyclic amines) is 1. The van der Waals surface area contributed by atoms with Crippen molar-refractivity contribution in [2.45, 2.75) is 58.2 Å². The van der Waals surface area contributed by atoms with Gasteiger partial charge in [-0.25, -0.2) is 19.6 Å². The Hall–Kier alpha value is -5.40. The number of hydrogen-bond acceptors (Lipinski definition) is 8. The monoisotopic (exact) mass is 658 g/mol. The third-order valence-electron chi connectivity index (χ3n) is 8.56. The number of methoxy groups -OCH3 is 2. The van der Waals surface area contributed by atoms with Crippen LogP contribution in [-0.4, -0.2) is 93.6 Å². The Morgan fingerprint density at radius 2 is 1.60 bits per heavy atom. The number of benzene rings is 2. The minimum Gasteiger partial charge on any atom is -0.453 e. The van der Waals surface area contributed by atoms with Crippen LogP contribution >= 0.6 is 0 Å². The van der Waals surface area contributed by atoms with E-state index < -0.39 is 12.2 Å². The number of hydrogen-bond donors (Lipinski definition) is 4. The smallest absolute Gasteiger partial charge is 0.407 e. The van der Waals surface area contributed by atoms with Gasteiger partial charge < -0.3 is 39.9 Å². The largest absolute Gasteiger partial charge is 0.453 e. The van der Waals surface area contributed by atoms with E-state index in [9.17, 15) is 19.2 Å². The lowest BCUT2D eigenvalue weighted by Gasteiger charge is -2.29. The lowest BCUT2D eigenvalue weighted by atomic mass is 10.0. The van der Waals surface area contributed by atoms with Crippen molar-refractivity contribution in [3.05, 3.63) is 60.3 Å². The highest BCUT2D eigenvalue weighted by molar-refractivity contribution is 5.84. The highest BCUT2D eigenvalue weighted by Crippen LogP contribution is 2.37. The van der Waals surface area contributed by atoms with Gasteiger partial charge in [-0.1, -0.05) is 44.2 Å². The average Bonchev–Trinajstić information content (AvgIpc) is 3.87. The Kier molecular flexibility index (Phi) is 10.9. The van der Waals surface area contributed by atoms with Crippen molar-refractivity contribution in [3.8, 4) is 22.4 Å². The van der Waals surface area contributed by atoms with Crippen LogP contribution in [0.15, 0.2) is 48.7 Å². The number of ether oxygens (including phenoxy) is 2. The third-order valence-corrected chi connectivity index (χ3v) is 8.56. The van der Waals surface area contributed by atoms with Crippen molar-refractivity contribution in [2.75, 3.05) is 33.9 Å². The second-order valence-electron chi connectivity index (χ2n) is 11.6. The number of H-pyrrole nitrogens is 2. The van der Waals surface area contributed by atoms with Crippen molar-refractivity contribution in [1.29, 1.82) is 0 Å². The number of fused-ring (bicyclic) bond motifs is 1. The summed E-state index contributed by atoms with van der Waals surface area (Å²) in [6.45, 7) is 4.57. The van der Waals surface area contributed by atoms with Gasteiger partial charge in [0.25, 0.3) is 0 Å². The van der Waals surface area contributed by atoms with Gasteiger partial charge in [-0.05, 0) is 54.5 Å². The second kappa shape index (κ2) is 15.5. The summed E-state index contributed by atoms with van der Waals surface area (Å²) in [5, 5.41) is 4.93. The van der Waals surface area contributed by atoms with Gasteiger partial charge in [0.2, 0.25) is 11.8 Å². The van der Waals surface area contributed by atoms with Gasteiger partial charge in [-0.15, -0.1) is 0 Å². The Bertz CT molecular complexity index is 1750. The number of imidazole rings is 2. The van der Waals surface area contributed by atoms with Gasteiger partial charge in [0.15, 0.2) is 0 Å². The van der Waals surface area contributed by atoms with Gasteiger partial charge in [0.05, 0.1) is 49.7 Å². The molecular formula is C34H42N8O6. The molecule has 0 spiro atoms. The molecule has 4 aromatic rings. The molecule has 0 saturated carbocycles. The number of alkyl carbamates (subject to hydrolysis) is 2. The molecule has 2 aromatic carbocycles. The minimum atomic E-state index is -0.653. The molecule has 1 saturated heterocycles. The molecule has 14 heteroatoms. The van der Waals surface area contributed by atoms with Crippen molar-refractivity contribution in [1.82, 2.24) is 40.4 Å². The molecule has 254 valence electrons. The standard InChI is InChI=1S/C34H42N8O6/c1-5-15-41(30(43)18-36-33(45)47-3)20-29-38-25-13-11-23(16-26(25)39-29)21-7-9-22(10-8-21)27-17-35-32(40-27)28-14-12-24(6-2)42(28)31(44)19-37-34(46)48-4/h7-11,13,16-17,24,28H,5-6,12,14-15,18-20H2,1-4H3,(H,35,40)(H,36,45)(H,37,46)(H,38,39)/t24-,28-/m0/s1. The fraction of sp³-hybridized carbons (Fsp3) is 0.412. The quantitative estimate of drug-likeness (QED) is 0.172. The van der Waals surface area contributed by atoms with Gasteiger partial charge in [0.1, 0.15) is 24.7 Å². The zero-order chi connectivity index (χ0) is 34.2. The van der Waals surface area contributed by atoms with E-state index in [1.807, 2.05) is 54.3 Å². The number of nitrogens with zero attached hydrogens (tertiary/aromatic N) is 4. The highest BCUT2D eigenvalue weighted by atomic mass is 16.5.